The van der Waals surface area contributed by atoms with Gasteiger partial charge in [0, 0.05) is 12.1 Å². The second-order valence-electron chi connectivity index (χ2n) is 6.01. The zero-order chi connectivity index (χ0) is 13.7. The maximum absolute atomic E-state index is 3.66. The van der Waals surface area contributed by atoms with Gasteiger partial charge < -0.3 is 10.2 Å². The van der Waals surface area contributed by atoms with E-state index in [1.54, 1.807) is 0 Å². The van der Waals surface area contributed by atoms with E-state index >= 15 is 0 Å². The fraction of sp³-hybridized carbons (Fsp3) is 0.647. The molecule has 1 aliphatic rings. The van der Waals surface area contributed by atoms with Gasteiger partial charge in [-0.1, -0.05) is 36.2 Å². The summed E-state index contributed by atoms with van der Waals surface area (Å²) in [5.74, 6) is 0. The highest BCUT2D eigenvalue weighted by atomic mass is 15.1. The Hall–Kier alpha value is -0.860. The molecule has 0 radical (unpaired) electrons. The topological polar surface area (TPSA) is 15.3 Å². The summed E-state index contributed by atoms with van der Waals surface area (Å²) < 4.78 is 0. The van der Waals surface area contributed by atoms with E-state index < -0.39 is 0 Å². The van der Waals surface area contributed by atoms with Gasteiger partial charge in [-0.25, -0.2) is 0 Å². The first kappa shape index (κ1) is 14.5. The first-order valence-corrected chi connectivity index (χ1v) is 7.67. The van der Waals surface area contributed by atoms with Crippen molar-refractivity contribution in [3.05, 3.63) is 35.4 Å². The summed E-state index contributed by atoms with van der Waals surface area (Å²) in [5.41, 5.74) is 2.72. The minimum absolute atomic E-state index is 0.453. The quantitative estimate of drug-likeness (QED) is 0.871. The van der Waals surface area contributed by atoms with Crippen LogP contribution in [0.1, 0.15) is 49.8 Å². The van der Waals surface area contributed by atoms with Crippen molar-refractivity contribution in [3.8, 4) is 0 Å². The molecule has 1 N–H and O–H groups in total. The molecule has 1 heterocycles. The highest BCUT2D eigenvalue weighted by Crippen LogP contribution is 2.18. The van der Waals surface area contributed by atoms with Gasteiger partial charge in [-0.15, -0.1) is 0 Å². The molecule has 0 spiro atoms. The number of rotatable bonds is 5. The Morgan fingerprint density at radius 1 is 1.26 bits per heavy atom. The molecule has 2 unspecified atom stereocenters. The van der Waals surface area contributed by atoms with Crippen molar-refractivity contribution < 1.29 is 0 Å². The van der Waals surface area contributed by atoms with E-state index in [2.05, 4.69) is 55.4 Å². The van der Waals surface area contributed by atoms with Gasteiger partial charge in [-0.05, 0) is 58.8 Å². The Kier molecular flexibility index (Phi) is 5.41. The van der Waals surface area contributed by atoms with Crippen molar-refractivity contribution in [3.63, 3.8) is 0 Å². The third-order valence-electron chi connectivity index (χ3n) is 4.43. The number of likely N-dealkylation sites (tertiary alicyclic amines) is 1. The van der Waals surface area contributed by atoms with Crippen molar-refractivity contribution in [1.82, 2.24) is 10.2 Å². The lowest BCUT2D eigenvalue weighted by Gasteiger charge is -2.32. The van der Waals surface area contributed by atoms with Crippen molar-refractivity contribution in [2.75, 3.05) is 20.1 Å². The van der Waals surface area contributed by atoms with Crippen LogP contribution >= 0.6 is 0 Å². The molecular weight excluding hydrogens is 232 g/mol. The minimum atomic E-state index is 0.453. The van der Waals surface area contributed by atoms with Gasteiger partial charge in [-0.3, -0.25) is 0 Å². The van der Waals surface area contributed by atoms with Gasteiger partial charge >= 0.3 is 0 Å². The molecule has 0 aromatic heterocycles. The molecule has 0 saturated carbocycles. The smallest absolute Gasteiger partial charge is 0.0291 e. The molecule has 1 saturated heterocycles. The minimum Gasteiger partial charge on any atom is -0.310 e. The molecule has 106 valence electrons. The van der Waals surface area contributed by atoms with Gasteiger partial charge in [0.15, 0.2) is 0 Å². The standard InChI is InChI=1S/C17H28N2/c1-14-7-9-16(10-8-14)15(2)18-12-11-17-6-4-5-13-19(17)3/h7-10,15,17-18H,4-6,11-13H2,1-3H3. The van der Waals surface area contributed by atoms with Gasteiger partial charge in [0.25, 0.3) is 0 Å². The van der Waals surface area contributed by atoms with E-state index in [0.717, 1.165) is 12.6 Å². The van der Waals surface area contributed by atoms with Crippen LogP contribution in [0.5, 0.6) is 0 Å². The van der Waals surface area contributed by atoms with E-state index in [1.807, 2.05) is 0 Å². The lowest BCUT2D eigenvalue weighted by Crippen LogP contribution is -2.38. The summed E-state index contributed by atoms with van der Waals surface area (Å²) in [6.07, 6.45) is 5.42. The summed E-state index contributed by atoms with van der Waals surface area (Å²) in [4.78, 5) is 2.53. The lowest BCUT2D eigenvalue weighted by atomic mass is 10.00. The Labute approximate surface area is 118 Å². The average Bonchev–Trinajstić information content (AvgIpc) is 2.41. The van der Waals surface area contributed by atoms with Gasteiger partial charge in [0.2, 0.25) is 0 Å². The zero-order valence-electron chi connectivity index (χ0n) is 12.7. The van der Waals surface area contributed by atoms with Crippen molar-refractivity contribution in [2.45, 2.75) is 51.6 Å². The molecular formula is C17H28N2. The maximum atomic E-state index is 3.66. The van der Waals surface area contributed by atoms with Crippen molar-refractivity contribution in [2.24, 2.45) is 0 Å². The fourth-order valence-corrected chi connectivity index (χ4v) is 2.95. The highest BCUT2D eigenvalue weighted by molar-refractivity contribution is 5.23. The van der Waals surface area contributed by atoms with Crippen LogP contribution in [0.4, 0.5) is 0 Å². The Morgan fingerprint density at radius 3 is 2.68 bits per heavy atom. The van der Waals surface area contributed by atoms with Crippen LogP contribution in [0.25, 0.3) is 0 Å². The Bertz CT molecular complexity index is 371. The van der Waals surface area contributed by atoms with E-state index in [0.29, 0.717) is 6.04 Å². The van der Waals surface area contributed by atoms with E-state index in [4.69, 9.17) is 0 Å². The molecule has 0 aliphatic carbocycles. The first-order valence-electron chi connectivity index (χ1n) is 7.67. The average molecular weight is 260 g/mol. The molecule has 1 aliphatic heterocycles. The molecule has 0 bridgehead atoms. The molecule has 1 aromatic carbocycles. The van der Waals surface area contributed by atoms with Gasteiger partial charge in [0.05, 0.1) is 0 Å². The maximum Gasteiger partial charge on any atom is 0.0291 e. The van der Waals surface area contributed by atoms with Crippen LogP contribution in [0.3, 0.4) is 0 Å². The highest BCUT2D eigenvalue weighted by Gasteiger charge is 2.18. The number of nitrogens with zero attached hydrogens (tertiary/aromatic N) is 1. The largest absolute Gasteiger partial charge is 0.310 e. The van der Waals surface area contributed by atoms with E-state index in [-0.39, 0.29) is 0 Å². The van der Waals surface area contributed by atoms with Crippen molar-refractivity contribution >= 4 is 0 Å². The van der Waals surface area contributed by atoms with E-state index in [9.17, 15) is 0 Å². The van der Waals surface area contributed by atoms with Gasteiger partial charge in [0.1, 0.15) is 0 Å². The Balaban J connectivity index is 1.74. The van der Waals surface area contributed by atoms with Crippen LogP contribution in [-0.4, -0.2) is 31.1 Å². The molecule has 1 aromatic rings. The Morgan fingerprint density at radius 2 is 2.00 bits per heavy atom. The number of nitrogens with one attached hydrogen (secondary N) is 1. The SMILES string of the molecule is Cc1ccc(C(C)NCCC2CCCCN2C)cc1. The number of hydrogen-bond acceptors (Lipinski definition) is 2. The molecule has 2 atom stereocenters. The summed E-state index contributed by atoms with van der Waals surface area (Å²) in [5, 5.41) is 3.66. The fourth-order valence-electron chi connectivity index (χ4n) is 2.95. The number of piperidine rings is 1. The summed E-state index contributed by atoms with van der Waals surface area (Å²) in [6, 6.07) is 10.1. The van der Waals surface area contributed by atoms with Crippen LogP contribution < -0.4 is 5.32 Å². The van der Waals surface area contributed by atoms with Crippen molar-refractivity contribution in [1.29, 1.82) is 0 Å². The summed E-state index contributed by atoms with van der Waals surface area (Å²) in [6.45, 7) is 6.79. The van der Waals surface area contributed by atoms with Crippen LogP contribution in [0, 0.1) is 6.92 Å². The zero-order valence-corrected chi connectivity index (χ0v) is 12.7. The summed E-state index contributed by atoms with van der Waals surface area (Å²) >= 11 is 0. The number of aryl methyl sites for hydroxylation is 1. The normalized spacial score (nSPS) is 22.4. The lowest BCUT2D eigenvalue weighted by molar-refractivity contribution is 0.174. The molecule has 2 rings (SSSR count). The van der Waals surface area contributed by atoms with Crippen LogP contribution in [0.15, 0.2) is 24.3 Å². The monoisotopic (exact) mass is 260 g/mol. The number of hydrogen-bond donors (Lipinski definition) is 1. The predicted molar refractivity (Wildman–Crippen MR) is 82.5 cm³/mol. The molecule has 0 amide bonds. The molecule has 1 fully saturated rings. The van der Waals surface area contributed by atoms with Gasteiger partial charge in [-0.2, -0.15) is 0 Å². The second-order valence-corrected chi connectivity index (χ2v) is 6.01. The molecule has 19 heavy (non-hydrogen) atoms. The second kappa shape index (κ2) is 7.06. The third kappa shape index (κ3) is 4.32. The third-order valence-corrected chi connectivity index (χ3v) is 4.43. The van der Waals surface area contributed by atoms with E-state index in [1.165, 1.54) is 43.4 Å². The molecule has 2 heteroatoms. The first-order chi connectivity index (χ1) is 9.16. The predicted octanol–water partition coefficient (Wildman–Crippen LogP) is 3.52. The van der Waals surface area contributed by atoms with Crippen LogP contribution in [-0.2, 0) is 0 Å². The number of benzene rings is 1. The summed E-state index contributed by atoms with van der Waals surface area (Å²) in [7, 11) is 2.27. The van der Waals surface area contributed by atoms with Crippen LogP contribution in [0.2, 0.25) is 0 Å². The molecule has 2 nitrogen and oxygen atoms in total.